The van der Waals surface area contributed by atoms with Gasteiger partial charge in [-0.05, 0) is 61.9 Å². The third kappa shape index (κ3) is 5.89. The van der Waals surface area contributed by atoms with E-state index >= 15 is 0 Å². The minimum Gasteiger partial charge on any atom is -0.393 e. The van der Waals surface area contributed by atoms with Crippen LogP contribution in [0, 0.1) is 0 Å². The molecule has 0 aliphatic heterocycles. The van der Waals surface area contributed by atoms with Gasteiger partial charge in [-0.1, -0.05) is 30.3 Å². The summed E-state index contributed by atoms with van der Waals surface area (Å²) < 4.78 is 27.7. The van der Waals surface area contributed by atoms with Crippen LogP contribution in [-0.2, 0) is 21.2 Å². The average molecular weight is 403 g/mol. The largest absolute Gasteiger partial charge is 0.393 e. The third-order valence-corrected chi connectivity index (χ3v) is 6.49. The molecule has 0 spiro atoms. The number of carbonyl (C=O) groups excluding carboxylic acids is 1. The van der Waals surface area contributed by atoms with E-state index in [4.69, 9.17) is 0 Å². The number of anilines is 1. The average Bonchev–Trinajstić information content (AvgIpc) is 2.69. The van der Waals surface area contributed by atoms with Crippen LogP contribution in [0.3, 0.4) is 0 Å². The van der Waals surface area contributed by atoms with Gasteiger partial charge in [-0.2, -0.15) is 0 Å². The maximum absolute atomic E-state index is 12.5. The van der Waals surface area contributed by atoms with Gasteiger partial charge >= 0.3 is 0 Å². The maximum atomic E-state index is 12.5. The van der Waals surface area contributed by atoms with Crippen molar-refractivity contribution in [3.63, 3.8) is 0 Å². The summed E-state index contributed by atoms with van der Waals surface area (Å²) in [4.78, 5) is 12.3. The predicted octanol–water partition coefficient (Wildman–Crippen LogP) is 2.84. The lowest BCUT2D eigenvalue weighted by Crippen LogP contribution is -2.38. The molecule has 1 amide bonds. The molecular weight excluding hydrogens is 376 g/mol. The minimum absolute atomic E-state index is 0.113. The summed E-state index contributed by atoms with van der Waals surface area (Å²) in [6, 6.07) is 15.8. The Morgan fingerprint density at radius 2 is 1.61 bits per heavy atom. The molecule has 0 bridgehead atoms. The van der Waals surface area contributed by atoms with E-state index in [1.165, 1.54) is 12.1 Å². The van der Waals surface area contributed by atoms with Gasteiger partial charge in [0.15, 0.2) is 0 Å². The van der Waals surface area contributed by atoms with E-state index in [1.54, 1.807) is 12.1 Å². The molecule has 7 heteroatoms. The number of aliphatic hydroxyl groups excluding tert-OH is 1. The van der Waals surface area contributed by atoms with Crippen molar-refractivity contribution in [2.24, 2.45) is 0 Å². The lowest BCUT2D eigenvalue weighted by Gasteiger charge is -2.26. The van der Waals surface area contributed by atoms with Crippen LogP contribution in [-0.4, -0.2) is 31.6 Å². The number of amides is 1. The molecule has 0 aromatic heterocycles. The topological polar surface area (TPSA) is 95.5 Å². The molecular formula is C21H26N2O4S. The van der Waals surface area contributed by atoms with Gasteiger partial charge in [0.25, 0.3) is 0 Å². The molecule has 0 radical (unpaired) electrons. The van der Waals surface area contributed by atoms with E-state index in [2.05, 4.69) is 10.0 Å². The number of hydrogen-bond donors (Lipinski definition) is 3. The van der Waals surface area contributed by atoms with Gasteiger partial charge < -0.3 is 10.4 Å². The Kier molecular flexibility index (Phi) is 6.83. The lowest BCUT2D eigenvalue weighted by molar-refractivity contribution is -0.116. The standard InChI is InChI=1S/C21H26N2O4S/c24-19-11-7-18(8-12-19)23-28(26,27)20-13-9-17(10-14-20)22-21(25)15-6-16-4-2-1-3-5-16/h1-5,9-10,13-14,18-19,23-24H,6-8,11-12,15H2,(H,22,25). The van der Waals surface area contributed by atoms with Crippen molar-refractivity contribution >= 4 is 21.6 Å². The highest BCUT2D eigenvalue weighted by Crippen LogP contribution is 2.21. The second kappa shape index (κ2) is 9.32. The first kappa shape index (κ1) is 20.5. The highest BCUT2D eigenvalue weighted by molar-refractivity contribution is 7.89. The molecule has 0 unspecified atom stereocenters. The minimum atomic E-state index is -3.61. The molecule has 6 nitrogen and oxygen atoms in total. The van der Waals surface area contributed by atoms with Gasteiger partial charge in [0.2, 0.25) is 15.9 Å². The summed E-state index contributed by atoms with van der Waals surface area (Å²) >= 11 is 0. The summed E-state index contributed by atoms with van der Waals surface area (Å²) in [7, 11) is -3.61. The van der Waals surface area contributed by atoms with Gasteiger partial charge in [0, 0.05) is 18.2 Å². The van der Waals surface area contributed by atoms with Crippen LogP contribution in [0.15, 0.2) is 59.5 Å². The number of aliphatic hydroxyl groups is 1. The van der Waals surface area contributed by atoms with E-state index in [9.17, 15) is 18.3 Å². The first-order chi connectivity index (χ1) is 13.4. The maximum Gasteiger partial charge on any atom is 0.240 e. The van der Waals surface area contributed by atoms with Gasteiger partial charge in [-0.25, -0.2) is 13.1 Å². The van der Waals surface area contributed by atoms with Crippen LogP contribution in [0.5, 0.6) is 0 Å². The summed E-state index contributed by atoms with van der Waals surface area (Å²) in [5.74, 6) is -0.113. The van der Waals surface area contributed by atoms with Gasteiger partial charge in [0.05, 0.1) is 11.0 Å². The van der Waals surface area contributed by atoms with E-state index in [1.807, 2.05) is 30.3 Å². The molecule has 150 valence electrons. The number of benzene rings is 2. The number of rotatable bonds is 7. The van der Waals surface area contributed by atoms with Crippen molar-refractivity contribution in [2.45, 2.75) is 55.6 Å². The molecule has 0 atom stereocenters. The molecule has 1 saturated carbocycles. The van der Waals surface area contributed by atoms with E-state index < -0.39 is 10.0 Å². The highest BCUT2D eigenvalue weighted by atomic mass is 32.2. The first-order valence-electron chi connectivity index (χ1n) is 9.56. The Labute approximate surface area is 166 Å². The van der Waals surface area contributed by atoms with Crippen LogP contribution < -0.4 is 10.0 Å². The monoisotopic (exact) mass is 402 g/mol. The third-order valence-electron chi connectivity index (χ3n) is 4.95. The van der Waals surface area contributed by atoms with Crippen molar-refractivity contribution < 1.29 is 18.3 Å². The second-order valence-electron chi connectivity index (χ2n) is 7.18. The van der Waals surface area contributed by atoms with Crippen LogP contribution in [0.4, 0.5) is 5.69 Å². The summed E-state index contributed by atoms with van der Waals surface area (Å²) in [6.07, 6.45) is 3.18. The summed E-state index contributed by atoms with van der Waals surface area (Å²) in [6.45, 7) is 0. The van der Waals surface area contributed by atoms with Crippen molar-refractivity contribution in [1.82, 2.24) is 4.72 Å². The van der Waals surface area contributed by atoms with Gasteiger partial charge in [-0.15, -0.1) is 0 Å². The zero-order chi connectivity index (χ0) is 20.0. The van der Waals surface area contributed by atoms with Crippen molar-refractivity contribution in [2.75, 3.05) is 5.32 Å². The van der Waals surface area contributed by atoms with Crippen molar-refractivity contribution in [3.05, 3.63) is 60.2 Å². The molecule has 3 rings (SSSR count). The number of nitrogens with one attached hydrogen (secondary N) is 2. The fourth-order valence-corrected chi connectivity index (χ4v) is 4.63. The summed E-state index contributed by atoms with van der Waals surface area (Å²) in [5.41, 5.74) is 1.66. The Morgan fingerprint density at radius 3 is 2.25 bits per heavy atom. The second-order valence-corrected chi connectivity index (χ2v) is 8.90. The molecule has 3 N–H and O–H groups in total. The predicted molar refractivity (Wildman–Crippen MR) is 108 cm³/mol. The van der Waals surface area contributed by atoms with Crippen LogP contribution >= 0.6 is 0 Å². The molecule has 0 saturated heterocycles. The highest BCUT2D eigenvalue weighted by Gasteiger charge is 2.24. The van der Waals surface area contributed by atoms with Crippen LogP contribution in [0.25, 0.3) is 0 Å². The molecule has 0 heterocycles. The van der Waals surface area contributed by atoms with Crippen molar-refractivity contribution in [3.8, 4) is 0 Å². The quantitative estimate of drug-likeness (QED) is 0.664. The molecule has 1 aliphatic rings. The molecule has 1 fully saturated rings. The molecule has 2 aromatic carbocycles. The van der Waals surface area contributed by atoms with Gasteiger partial charge in [-0.3, -0.25) is 4.79 Å². The van der Waals surface area contributed by atoms with Crippen molar-refractivity contribution in [1.29, 1.82) is 0 Å². The van der Waals surface area contributed by atoms with E-state index in [0.717, 1.165) is 5.56 Å². The fourth-order valence-electron chi connectivity index (χ4n) is 3.32. The van der Waals surface area contributed by atoms with E-state index in [-0.39, 0.29) is 22.9 Å². The Hall–Kier alpha value is -2.22. The smallest absolute Gasteiger partial charge is 0.240 e. The van der Waals surface area contributed by atoms with Crippen LogP contribution in [0.2, 0.25) is 0 Å². The molecule has 1 aliphatic carbocycles. The molecule has 28 heavy (non-hydrogen) atoms. The fraction of sp³-hybridized carbons (Fsp3) is 0.381. The van der Waals surface area contributed by atoms with Crippen LogP contribution in [0.1, 0.15) is 37.7 Å². The van der Waals surface area contributed by atoms with Gasteiger partial charge in [0.1, 0.15) is 0 Å². The SMILES string of the molecule is O=C(CCc1ccccc1)Nc1ccc(S(=O)(=O)NC2CCC(O)CC2)cc1. The first-order valence-corrected chi connectivity index (χ1v) is 11.0. The Bertz CT molecular complexity index is 874. The Morgan fingerprint density at radius 1 is 0.964 bits per heavy atom. The molecule has 2 aromatic rings. The zero-order valence-electron chi connectivity index (χ0n) is 15.7. The summed E-state index contributed by atoms with van der Waals surface area (Å²) in [5, 5.41) is 12.3. The Balaban J connectivity index is 1.53. The number of carbonyl (C=O) groups is 1. The lowest BCUT2D eigenvalue weighted by atomic mass is 9.94. The zero-order valence-corrected chi connectivity index (χ0v) is 16.5. The number of aryl methyl sites for hydroxylation is 1. The number of sulfonamides is 1. The van der Waals surface area contributed by atoms with E-state index in [0.29, 0.717) is 44.2 Å². The number of hydrogen-bond acceptors (Lipinski definition) is 4. The normalized spacial score (nSPS) is 19.9.